The van der Waals surface area contributed by atoms with Crippen LogP contribution in [0.1, 0.15) is 11.1 Å². The van der Waals surface area contributed by atoms with Gasteiger partial charge in [0.25, 0.3) is 0 Å². The van der Waals surface area contributed by atoms with Crippen LogP contribution >= 0.6 is 0 Å². The molecule has 0 heterocycles. The largest absolute Gasteiger partial charge is 0.480 e. The van der Waals surface area contributed by atoms with Crippen molar-refractivity contribution in [3.05, 3.63) is 35.4 Å². The maximum atomic E-state index is 10.6. The van der Waals surface area contributed by atoms with Crippen LogP contribution < -0.4 is 16.8 Å². The number of carboxylic acids is 1. The van der Waals surface area contributed by atoms with Gasteiger partial charge in [0, 0.05) is 6.54 Å². The number of carbonyl (C=O) groups is 1. The van der Waals surface area contributed by atoms with Crippen molar-refractivity contribution in [1.82, 2.24) is 5.32 Å². The minimum Gasteiger partial charge on any atom is -0.480 e. The first kappa shape index (κ1) is 13.0. The smallest absolute Gasteiger partial charge is 0.320 e. The topological polar surface area (TPSA) is 125 Å². The predicted octanol–water partition coefficient (Wildman–Crippen LogP) is -0.376. The van der Waals surface area contributed by atoms with E-state index < -0.39 is 12.0 Å². The lowest BCUT2D eigenvalue weighted by molar-refractivity contribution is -0.138. The molecule has 0 saturated carbocycles. The molecule has 0 aliphatic rings. The lowest BCUT2D eigenvalue weighted by atomic mass is 10.0. The monoisotopic (exact) mass is 236 g/mol. The van der Waals surface area contributed by atoms with Gasteiger partial charge in [0.1, 0.15) is 6.04 Å². The molecule has 0 radical (unpaired) electrons. The van der Waals surface area contributed by atoms with E-state index in [2.05, 4.69) is 5.32 Å². The molecule has 0 saturated heterocycles. The van der Waals surface area contributed by atoms with Crippen LogP contribution in [0.4, 0.5) is 0 Å². The molecule has 6 nitrogen and oxygen atoms in total. The van der Waals surface area contributed by atoms with Crippen LogP contribution in [0.2, 0.25) is 0 Å². The molecule has 0 bridgehead atoms. The van der Waals surface area contributed by atoms with Crippen molar-refractivity contribution >= 4 is 11.9 Å². The SMILES string of the molecule is N=C(N)NCc1ccc(CC(N)C(=O)O)cc1. The minimum absolute atomic E-state index is 0.0815. The molecule has 0 fully saturated rings. The number of nitrogens with one attached hydrogen (secondary N) is 2. The van der Waals surface area contributed by atoms with Crippen molar-refractivity contribution in [3.8, 4) is 0 Å². The highest BCUT2D eigenvalue weighted by Gasteiger charge is 2.11. The van der Waals surface area contributed by atoms with E-state index in [9.17, 15) is 4.79 Å². The van der Waals surface area contributed by atoms with Crippen LogP contribution in [0, 0.1) is 5.41 Å². The summed E-state index contributed by atoms with van der Waals surface area (Å²) in [5, 5.41) is 18.4. The molecule has 1 aromatic carbocycles. The van der Waals surface area contributed by atoms with E-state index in [4.69, 9.17) is 22.0 Å². The molecule has 0 aromatic heterocycles. The Morgan fingerprint density at radius 2 is 1.88 bits per heavy atom. The Hall–Kier alpha value is -2.08. The molecule has 92 valence electrons. The Bertz CT molecular complexity index is 402. The van der Waals surface area contributed by atoms with E-state index in [1.807, 2.05) is 24.3 Å². The Balaban J connectivity index is 2.55. The molecule has 1 rings (SSSR count). The van der Waals surface area contributed by atoms with Crippen molar-refractivity contribution in [2.75, 3.05) is 0 Å². The van der Waals surface area contributed by atoms with E-state index in [-0.39, 0.29) is 5.96 Å². The minimum atomic E-state index is -1.01. The number of nitrogens with two attached hydrogens (primary N) is 2. The number of guanidine groups is 1. The molecule has 0 aliphatic carbocycles. The number of carboxylic acid groups (broad SMARTS) is 1. The average Bonchev–Trinajstić information content (AvgIpc) is 2.28. The summed E-state index contributed by atoms with van der Waals surface area (Å²) in [7, 11) is 0. The third-order valence-corrected chi connectivity index (χ3v) is 2.28. The van der Waals surface area contributed by atoms with Gasteiger partial charge in [-0.15, -0.1) is 0 Å². The van der Waals surface area contributed by atoms with Gasteiger partial charge in [-0.05, 0) is 17.5 Å². The van der Waals surface area contributed by atoms with Crippen LogP contribution in [0.25, 0.3) is 0 Å². The third-order valence-electron chi connectivity index (χ3n) is 2.28. The molecule has 1 aromatic rings. The van der Waals surface area contributed by atoms with Gasteiger partial charge in [0.2, 0.25) is 0 Å². The van der Waals surface area contributed by atoms with E-state index in [0.717, 1.165) is 11.1 Å². The summed E-state index contributed by atoms with van der Waals surface area (Å²) in [5.41, 5.74) is 12.4. The maximum absolute atomic E-state index is 10.6. The zero-order chi connectivity index (χ0) is 12.8. The number of hydrogen-bond donors (Lipinski definition) is 5. The van der Waals surface area contributed by atoms with Crippen molar-refractivity contribution in [2.24, 2.45) is 11.5 Å². The quantitative estimate of drug-likeness (QED) is 0.352. The van der Waals surface area contributed by atoms with Crippen molar-refractivity contribution in [3.63, 3.8) is 0 Å². The zero-order valence-electron chi connectivity index (χ0n) is 9.31. The van der Waals surface area contributed by atoms with Crippen molar-refractivity contribution in [2.45, 2.75) is 19.0 Å². The summed E-state index contributed by atoms with van der Waals surface area (Å²) in [5.74, 6) is -1.09. The van der Waals surface area contributed by atoms with Gasteiger partial charge in [0.15, 0.2) is 5.96 Å². The van der Waals surface area contributed by atoms with Crippen molar-refractivity contribution < 1.29 is 9.90 Å². The van der Waals surface area contributed by atoms with E-state index >= 15 is 0 Å². The van der Waals surface area contributed by atoms with Gasteiger partial charge in [-0.3, -0.25) is 10.2 Å². The van der Waals surface area contributed by atoms with Gasteiger partial charge >= 0.3 is 5.97 Å². The van der Waals surface area contributed by atoms with Crippen LogP contribution in [0.5, 0.6) is 0 Å². The Labute approximate surface area is 99.1 Å². The van der Waals surface area contributed by atoms with E-state index in [0.29, 0.717) is 13.0 Å². The molecule has 7 N–H and O–H groups in total. The lowest BCUT2D eigenvalue weighted by Gasteiger charge is -2.08. The summed E-state index contributed by atoms with van der Waals surface area (Å²) >= 11 is 0. The fourth-order valence-corrected chi connectivity index (χ4v) is 1.33. The van der Waals surface area contributed by atoms with Crippen LogP contribution in [-0.4, -0.2) is 23.1 Å². The molecular weight excluding hydrogens is 220 g/mol. The molecule has 0 amide bonds. The van der Waals surface area contributed by atoms with Gasteiger partial charge in [-0.1, -0.05) is 24.3 Å². The summed E-state index contributed by atoms with van der Waals surface area (Å²) < 4.78 is 0. The standard InChI is InChI=1S/C11H16N4O2/c12-9(10(16)17)5-7-1-3-8(4-2-7)6-15-11(13)14/h1-4,9H,5-6,12H2,(H,16,17)(H4,13,14,15). The first-order valence-corrected chi connectivity index (χ1v) is 5.13. The average molecular weight is 236 g/mol. The highest BCUT2D eigenvalue weighted by Crippen LogP contribution is 2.06. The molecule has 6 heteroatoms. The lowest BCUT2D eigenvalue weighted by Crippen LogP contribution is -2.32. The van der Waals surface area contributed by atoms with Gasteiger partial charge in [0.05, 0.1) is 0 Å². The first-order valence-electron chi connectivity index (χ1n) is 5.13. The fourth-order valence-electron chi connectivity index (χ4n) is 1.33. The van der Waals surface area contributed by atoms with Crippen molar-refractivity contribution in [1.29, 1.82) is 5.41 Å². The Morgan fingerprint density at radius 3 is 2.35 bits per heavy atom. The third kappa shape index (κ3) is 4.52. The fraction of sp³-hybridized carbons (Fsp3) is 0.273. The number of rotatable bonds is 5. The molecular formula is C11H16N4O2. The first-order chi connectivity index (χ1) is 7.99. The highest BCUT2D eigenvalue weighted by molar-refractivity contribution is 5.74. The van der Waals surface area contributed by atoms with Gasteiger partial charge < -0.3 is 21.9 Å². The zero-order valence-corrected chi connectivity index (χ0v) is 9.31. The number of aliphatic carboxylic acids is 1. The Kier molecular flexibility index (Phi) is 4.47. The molecule has 0 aliphatic heterocycles. The van der Waals surface area contributed by atoms with Gasteiger partial charge in [-0.25, -0.2) is 0 Å². The van der Waals surface area contributed by atoms with Crippen LogP contribution in [0.3, 0.4) is 0 Å². The van der Waals surface area contributed by atoms with Gasteiger partial charge in [-0.2, -0.15) is 0 Å². The number of hydrogen-bond acceptors (Lipinski definition) is 3. The second-order valence-corrected chi connectivity index (χ2v) is 3.73. The summed E-state index contributed by atoms with van der Waals surface area (Å²) in [6, 6.07) is 6.45. The maximum Gasteiger partial charge on any atom is 0.320 e. The second-order valence-electron chi connectivity index (χ2n) is 3.73. The number of benzene rings is 1. The van der Waals surface area contributed by atoms with E-state index in [1.165, 1.54) is 0 Å². The summed E-state index contributed by atoms with van der Waals surface area (Å²) in [6.45, 7) is 0.473. The second kappa shape index (κ2) is 5.86. The highest BCUT2D eigenvalue weighted by atomic mass is 16.4. The normalized spacial score (nSPS) is 11.8. The molecule has 1 atom stereocenters. The predicted molar refractivity (Wildman–Crippen MR) is 64.5 cm³/mol. The van der Waals surface area contributed by atoms with Crippen LogP contribution in [0.15, 0.2) is 24.3 Å². The molecule has 0 spiro atoms. The van der Waals surface area contributed by atoms with Crippen LogP contribution in [-0.2, 0) is 17.8 Å². The Morgan fingerprint density at radius 1 is 1.35 bits per heavy atom. The summed E-state index contributed by atoms with van der Waals surface area (Å²) in [6.07, 6.45) is 0.301. The molecule has 17 heavy (non-hydrogen) atoms. The van der Waals surface area contributed by atoms with E-state index in [1.54, 1.807) is 0 Å². The summed E-state index contributed by atoms with van der Waals surface area (Å²) in [4.78, 5) is 10.6. The molecule has 1 unspecified atom stereocenters.